The molecule has 7 nitrogen and oxygen atoms in total. The Bertz CT molecular complexity index is 1370. The zero-order chi connectivity index (χ0) is 26.5. The number of carbonyl (C=O) groups is 1. The summed E-state index contributed by atoms with van der Waals surface area (Å²) in [4.78, 5) is 15.4. The smallest absolute Gasteiger partial charge is 0.254 e. The molecule has 1 atom stereocenters. The second-order valence-corrected chi connectivity index (χ2v) is 9.22. The highest BCUT2D eigenvalue weighted by atomic mass is 19.1. The van der Waals surface area contributed by atoms with E-state index in [9.17, 15) is 9.18 Å². The van der Waals surface area contributed by atoms with Crippen LogP contribution >= 0.6 is 0 Å². The van der Waals surface area contributed by atoms with Gasteiger partial charge in [0.25, 0.3) is 5.91 Å². The number of ether oxygens (including phenoxy) is 3. The number of rotatable bonds is 9. The van der Waals surface area contributed by atoms with Crippen LogP contribution in [0, 0.1) is 12.7 Å². The quantitative estimate of drug-likeness (QED) is 0.276. The van der Waals surface area contributed by atoms with E-state index in [1.807, 2.05) is 61.5 Å². The number of para-hydroxylation sites is 1. The molecule has 5 rings (SSSR count). The van der Waals surface area contributed by atoms with Crippen molar-refractivity contribution in [1.29, 1.82) is 0 Å². The standard InChI is InChI=1S/C30H30FN3O4/c1-21-28(20-33(19-27-9-6-18-37-27)29(35)22-10-12-23(31)13-11-22)30(34(32-21)24-7-4-3-5-8-24)38-26-16-14-25(36-2)15-17-26/h3-5,7-8,10-17,27H,6,9,18-20H2,1-2H3/t27-/m1/s1. The van der Waals surface area contributed by atoms with E-state index >= 15 is 0 Å². The molecule has 196 valence electrons. The number of benzene rings is 3. The lowest BCUT2D eigenvalue weighted by atomic mass is 10.1. The lowest BCUT2D eigenvalue weighted by Crippen LogP contribution is -2.37. The van der Waals surface area contributed by atoms with Crippen molar-refractivity contribution < 1.29 is 23.4 Å². The van der Waals surface area contributed by atoms with Crippen LogP contribution in [-0.4, -0.2) is 47.0 Å². The van der Waals surface area contributed by atoms with Gasteiger partial charge in [0, 0.05) is 18.7 Å². The molecule has 2 heterocycles. The van der Waals surface area contributed by atoms with Crippen LogP contribution in [0.25, 0.3) is 5.69 Å². The van der Waals surface area contributed by atoms with Crippen molar-refractivity contribution in [1.82, 2.24) is 14.7 Å². The monoisotopic (exact) mass is 515 g/mol. The van der Waals surface area contributed by atoms with Gasteiger partial charge in [-0.1, -0.05) is 18.2 Å². The Morgan fingerprint density at radius 3 is 2.42 bits per heavy atom. The maximum absolute atomic E-state index is 13.6. The van der Waals surface area contributed by atoms with Gasteiger partial charge < -0.3 is 19.1 Å². The van der Waals surface area contributed by atoms with Crippen molar-refractivity contribution in [2.24, 2.45) is 0 Å². The van der Waals surface area contributed by atoms with Crippen molar-refractivity contribution in [2.45, 2.75) is 32.4 Å². The molecule has 0 spiro atoms. The normalized spacial score (nSPS) is 14.9. The third-order valence-corrected chi connectivity index (χ3v) is 6.59. The first-order valence-electron chi connectivity index (χ1n) is 12.6. The average molecular weight is 516 g/mol. The first kappa shape index (κ1) is 25.5. The Labute approximate surface area is 221 Å². The van der Waals surface area contributed by atoms with Crippen LogP contribution in [-0.2, 0) is 11.3 Å². The van der Waals surface area contributed by atoms with Gasteiger partial charge in [0.2, 0.25) is 5.88 Å². The summed E-state index contributed by atoms with van der Waals surface area (Å²) in [6, 6.07) is 22.6. The number of carbonyl (C=O) groups excluding carboxylic acids is 1. The molecule has 0 N–H and O–H groups in total. The first-order chi connectivity index (χ1) is 18.5. The second kappa shape index (κ2) is 11.5. The predicted octanol–water partition coefficient (Wildman–Crippen LogP) is 5.94. The van der Waals surface area contributed by atoms with Gasteiger partial charge in [-0.25, -0.2) is 9.07 Å². The molecule has 0 radical (unpaired) electrons. The minimum absolute atomic E-state index is 0.0603. The Hall–Kier alpha value is -4.17. The molecule has 8 heteroatoms. The SMILES string of the molecule is COc1ccc(Oc2c(CN(C[C@H]3CCCO3)C(=O)c3ccc(F)cc3)c(C)nn2-c2ccccc2)cc1. The molecule has 1 aliphatic rings. The fraction of sp³-hybridized carbons (Fsp3) is 0.267. The number of aryl methyl sites for hydroxylation is 1. The summed E-state index contributed by atoms with van der Waals surface area (Å²) in [6.45, 7) is 3.25. The molecule has 0 unspecified atom stereocenters. The van der Waals surface area contributed by atoms with E-state index < -0.39 is 0 Å². The third-order valence-electron chi connectivity index (χ3n) is 6.59. The van der Waals surface area contributed by atoms with Gasteiger partial charge in [-0.3, -0.25) is 4.79 Å². The molecule has 38 heavy (non-hydrogen) atoms. The van der Waals surface area contributed by atoms with E-state index in [1.165, 1.54) is 24.3 Å². The Balaban J connectivity index is 1.53. The Kier molecular flexibility index (Phi) is 7.70. The number of nitrogens with zero attached hydrogens (tertiary/aromatic N) is 3. The first-order valence-corrected chi connectivity index (χ1v) is 12.6. The van der Waals surface area contributed by atoms with Gasteiger partial charge in [0.15, 0.2) is 0 Å². The summed E-state index contributed by atoms with van der Waals surface area (Å²) in [5, 5.41) is 4.79. The van der Waals surface area contributed by atoms with Gasteiger partial charge in [-0.2, -0.15) is 5.10 Å². The minimum Gasteiger partial charge on any atom is -0.497 e. The van der Waals surface area contributed by atoms with Gasteiger partial charge in [-0.05, 0) is 80.4 Å². The molecular formula is C30H30FN3O4. The molecule has 0 saturated carbocycles. The second-order valence-electron chi connectivity index (χ2n) is 9.22. The van der Waals surface area contributed by atoms with E-state index in [4.69, 9.17) is 19.3 Å². The highest BCUT2D eigenvalue weighted by molar-refractivity contribution is 5.94. The van der Waals surface area contributed by atoms with Crippen molar-refractivity contribution in [3.63, 3.8) is 0 Å². The van der Waals surface area contributed by atoms with Crippen LogP contribution in [0.15, 0.2) is 78.9 Å². The summed E-state index contributed by atoms with van der Waals surface area (Å²) in [7, 11) is 1.61. The summed E-state index contributed by atoms with van der Waals surface area (Å²) >= 11 is 0. The summed E-state index contributed by atoms with van der Waals surface area (Å²) < 4.78 is 32.9. The number of amides is 1. The molecule has 1 saturated heterocycles. The molecule has 3 aromatic carbocycles. The maximum atomic E-state index is 13.6. The highest BCUT2D eigenvalue weighted by Gasteiger charge is 2.28. The third kappa shape index (κ3) is 5.70. The average Bonchev–Trinajstić information content (AvgIpc) is 3.57. The predicted molar refractivity (Wildman–Crippen MR) is 141 cm³/mol. The van der Waals surface area contributed by atoms with Gasteiger partial charge in [0.05, 0.1) is 36.7 Å². The number of halogens is 1. The van der Waals surface area contributed by atoms with E-state index in [2.05, 4.69) is 0 Å². The van der Waals surface area contributed by atoms with Crippen molar-refractivity contribution >= 4 is 5.91 Å². The highest BCUT2D eigenvalue weighted by Crippen LogP contribution is 2.33. The molecule has 1 fully saturated rings. The summed E-state index contributed by atoms with van der Waals surface area (Å²) in [5.41, 5.74) is 2.76. The number of hydrogen-bond donors (Lipinski definition) is 0. The molecular weight excluding hydrogens is 485 g/mol. The Morgan fingerprint density at radius 2 is 1.76 bits per heavy atom. The zero-order valence-corrected chi connectivity index (χ0v) is 21.5. The number of aromatic nitrogens is 2. The van der Waals surface area contributed by atoms with Crippen LogP contribution in [0.2, 0.25) is 0 Å². The summed E-state index contributed by atoms with van der Waals surface area (Å²) in [6.07, 6.45) is 1.78. The van der Waals surface area contributed by atoms with Gasteiger partial charge >= 0.3 is 0 Å². The fourth-order valence-corrected chi connectivity index (χ4v) is 4.54. The molecule has 0 bridgehead atoms. The molecule has 4 aromatic rings. The van der Waals surface area contributed by atoms with Crippen LogP contribution < -0.4 is 9.47 Å². The largest absolute Gasteiger partial charge is 0.497 e. The van der Waals surface area contributed by atoms with E-state index in [0.717, 1.165) is 35.5 Å². The van der Waals surface area contributed by atoms with E-state index in [1.54, 1.807) is 16.7 Å². The molecule has 1 aliphatic heterocycles. The topological polar surface area (TPSA) is 65.8 Å². The van der Waals surface area contributed by atoms with Gasteiger partial charge in [0.1, 0.15) is 17.3 Å². The molecule has 1 aromatic heterocycles. The maximum Gasteiger partial charge on any atom is 0.254 e. The zero-order valence-electron chi connectivity index (χ0n) is 21.5. The van der Waals surface area contributed by atoms with Crippen LogP contribution in [0.3, 0.4) is 0 Å². The lowest BCUT2D eigenvalue weighted by Gasteiger charge is -2.26. The molecule has 1 amide bonds. The van der Waals surface area contributed by atoms with Crippen molar-refractivity contribution in [3.05, 3.63) is 102 Å². The van der Waals surface area contributed by atoms with Crippen LogP contribution in [0.1, 0.15) is 34.5 Å². The minimum atomic E-state index is -0.387. The molecule has 0 aliphatic carbocycles. The number of methoxy groups -OCH3 is 1. The summed E-state index contributed by atoms with van der Waals surface area (Å²) in [5.74, 6) is 1.26. The van der Waals surface area contributed by atoms with E-state index in [0.29, 0.717) is 30.3 Å². The number of hydrogen-bond acceptors (Lipinski definition) is 5. The fourth-order valence-electron chi connectivity index (χ4n) is 4.54. The van der Waals surface area contributed by atoms with Crippen LogP contribution in [0.5, 0.6) is 17.4 Å². The lowest BCUT2D eigenvalue weighted by molar-refractivity contribution is 0.0505. The van der Waals surface area contributed by atoms with Gasteiger partial charge in [-0.15, -0.1) is 0 Å². The van der Waals surface area contributed by atoms with Crippen molar-refractivity contribution in [3.8, 4) is 23.1 Å². The Morgan fingerprint density at radius 1 is 1.05 bits per heavy atom. The van der Waals surface area contributed by atoms with E-state index in [-0.39, 0.29) is 24.4 Å². The van der Waals surface area contributed by atoms with Crippen molar-refractivity contribution in [2.75, 3.05) is 20.3 Å². The van der Waals surface area contributed by atoms with Crippen LogP contribution in [0.4, 0.5) is 4.39 Å².